The van der Waals surface area contributed by atoms with Crippen LogP contribution >= 0.6 is 11.6 Å². The molecule has 4 aromatic rings. The minimum absolute atomic E-state index is 0.229. The highest BCUT2D eigenvalue weighted by Crippen LogP contribution is 2.26. The molecule has 1 aromatic carbocycles. The number of benzene rings is 1. The minimum atomic E-state index is -0.459. The zero-order valence-corrected chi connectivity index (χ0v) is 24.4. The summed E-state index contributed by atoms with van der Waals surface area (Å²) in [6.45, 7) is 11.8. The Morgan fingerprint density at radius 1 is 1.18 bits per heavy atom. The molecule has 3 heterocycles. The molecule has 1 unspecified atom stereocenters. The predicted molar refractivity (Wildman–Crippen MR) is 165 cm³/mol. The van der Waals surface area contributed by atoms with Crippen molar-refractivity contribution in [1.29, 1.82) is 0 Å². The van der Waals surface area contributed by atoms with Gasteiger partial charge in [0.05, 0.1) is 22.0 Å². The molecular formula is C31H34ClN7O. The van der Waals surface area contributed by atoms with Crippen molar-refractivity contribution in [2.24, 2.45) is 0 Å². The maximum Gasteiger partial charge on any atom is 0.267 e. The van der Waals surface area contributed by atoms with E-state index in [2.05, 4.69) is 32.1 Å². The summed E-state index contributed by atoms with van der Waals surface area (Å²) in [4.78, 5) is 31.4. The van der Waals surface area contributed by atoms with E-state index < -0.39 is 6.04 Å². The van der Waals surface area contributed by atoms with E-state index in [1.807, 2.05) is 71.9 Å². The topological polar surface area (TPSA) is 112 Å². The summed E-state index contributed by atoms with van der Waals surface area (Å²) in [6, 6.07) is 8.56. The third-order valence-electron chi connectivity index (χ3n) is 5.85. The first-order valence-electron chi connectivity index (χ1n) is 13.2. The molecule has 0 saturated carbocycles. The molecule has 0 spiro atoms. The molecule has 0 aliphatic carbocycles. The van der Waals surface area contributed by atoms with Crippen molar-refractivity contribution in [1.82, 2.24) is 24.5 Å². The van der Waals surface area contributed by atoms with Gasteiger partial charge in [-0.05, 0) is 63.0 Å². The monoisotopic (exact) mass is 555 g/mol. The Morgan fingerprint density at radius 3 is 2.62 bits per heavy atom. The lowest BCUT2D eigenvalue weighted by Gasteiger charge is -2.22. The van der Waals surface area contributed by atoms with Crippen molar-refractivity contribution < 1.29 is 0 Å². The van der Waals surface area contributed by atoms with E-state index in [9.17, 15) is 4.79 Å². The number of rotatable bonds is 6. The molecule has 0 radical (unpaired) electrons. The van der Waals surface area contributed by atoms with Gasteiger partial charge < -0.3 is 11.1 Å². The first kappa shape index (κ1) is 30.1. The van der Waals surface area contributed by atoms with Crippen LogP contribution in [-0.2, 0) is 0 Å². The molecule has 0 amide bonds. The minimum Gasteiger partial charge on any atom is -0.382 e. The molecule has 206 valence electrons. The average Bonchev–Trinajstić information content (AvgIpc) is 2.95. The lowest BCUT2D eigenvalue weighted by Crippen LogP contribution is -2.28. The van der Waals surface area contributed by atoms with Crippen LogP contribution in [0.1, 0.15) is 69.7 Å². The number of pyridine rings is 1. The molecule has 4 rings (SSSR count). The quantitative estimate of drug-likeness (QED) is 0.205. The lowest BCUT2D eigenvalue weighted by atomic mass is 10.1. The van der Waals surface area contributed by atoms with Gasteiger partial charge in [-0.2, -0.15) is 0 Å². The highest BCUT2D eigenvalue weighted by Gasteiger charge is 2.21. The molecule has 0 saturated heterocycles. The van der Waals surface area contributed by atoms with Crippen LogP contribution in [0.2, 0.25) is 5.02 Å². The fourth-order valence-corrected chi connectivity index (χ4v) is 4.15. The van der Waals surface area contributed by atoms with Gasteiger partial charge in [-0.15, -0.1) is 0 Å². The number of halogens is 1. The molecule has 40 heavy (non-hydrogen) atoms. The Labute approximate surface area is 240 Å². The van der Waals surface area contributed by atoms with E-state index in [0.29, 0.717) is 45.2 Å². The van der Waals surface area contributed by atoms with E-state index in [1.54, 1.807) is 29.0 Å². The number of anilines is 2. The molecule has 0 aliphatic heterocycles. The zero-order chi connectivity index (χ0) is 29.2. The number of hydrogen-bond donors (Lipinski definition) is 2. The molecule has 9 heteroatoms. The third-order valence-corrected chi connectivity index (χ3v) is 6.16. The van der Waals surface area contributed by atoms with Crippen LogP contribution < -0.4 is 16.6 Å². The van der Waals surface area contributed by atoms with Crippen molar-refractivity contribution in [3.05, 3.63) is 99.1 Å². The van der Waals surface area contributed by atoms with E-state index in [4.69, 9.17) is 22.3 Å². The van der Waals surface area contributed by atoms with Gasteiger partial charge in [0.2, 0.25) is 0 Å². The van der Waals surface area contributed by atoms with Crippen LogP contribution in [-0.4, -0.2) is 24.5 Å². The van der Waals surface area contributed by atoms with Gasteiger partial charge >= 0.3 is 0 Å². The first-order chi connectivity index (χ1) is 19.3. The number of hydrogen-bond acceptors (Lipinski definition) is 7. The fraction of sp³-hybridized carbons (Fsp3) is 0.258. The van der Waals surface area contributed by atoms with E-state index in [0.717, 1.165) is 11.3 Å². The van der Waals surface area contributed by atoms with Gasteiger partial charge in [0, 0.05) is 11.9 Å². The van der Waals surface area contributed by atoms with Crippen LogP contribution in [0.15, 0.2) is 65.9 Å². The summed E-state index contributed by atoms with van der Waals surface area (Å²) < 4.78 is 1.61. The number of fused-ring (bicyclic) bond motifs is 1. The van der Waals surface area contributed by atoms with Gasteiger partial charge in [-0.1, -0.05) is 62.6 Å². The highest BCUT2D eigenvalue weighted by atomic mass is 35.5. The van der Waals surface area contributed by atoms with Crippen molar-refractivity contribution in [2.75, 3.05) is 11.1 Å². The van der Waals surface area contributed by atoms with Crippen LogP contribution in [0.25, 0.3) is 16.6 Å². The number of aryl methyl sites for hydroxylation is 1. The molecule has 8 nitrogen and oxygen atoms in total. The molecule has 0 bridgehead atoms. The zero-order valence-electron chi connectivity index (χ0n) is 23.7. The maximum absolute atomic E-state index is 13.8. The molecule has 0 aliphatic rings. The number of nitrogens with two attached hydrogens (primary N) is 1. The second-order valence-corrected chi connectivity index (χ2v) is 9.01. The lowest BCUT2D eigenvalue weighted by molar-refractivity contribution is 0.729. The van der Waals surface area contributed by atoms with Crippen LogP contribution in [0.3, 0.4) is 0 Å². The van der Waals surface area contributed by atoms with E-state index >= 15 is 0 Å². The van der Waals surface area contributed by atoms with E-state index in [-0.39, 0.29) is 11.4 Å². The molecule has 3 N–H and O–H groups in total. The standard InChI is InChI=1S/C29H28ClN7O.C2H6/c1-5-7-9-21(6-2)37-28(36-24-11-8-10-23(30)25(24)29(37)38)19(4)35-27-22(26(31)33-17-34-27)15-14-20-13-12-18(3)16-32-20;1-2/h5,7-13,16-17,19H,6H2,1-4H3,(H3,31,33,34,35);1-2H3/b7-5-,21-9+;. The second kappa shape index (κ2) is 14.1. The van der Waals surface area contributed by atoms with Crippen molar-refractivity contribution >= 4 is 39.8 Å². The van der Waals surface area contributed by atoms with Crippen LogP contribution in [0.4, 0.5) is 11.6 Å². The summed E-state index contributed by atoms with van der Waals surface area (Å²) in [5.41, 5.74) is 9.29. The molecule has 3 aromatic heterocycles. The number of nitrogens with zero attached hydrogens (tertiary/aromatic N) is 5. The summed E-state index contributed by atoms with van der Waals surface area (Å²) >= 11 is 6.43. The Bertz CT molecular complexity index is 1660. The summed E-state index contributed by atoms with van der Waals surface area (Å²) in [7, 11) is 0. The Balaban J connectivity index is 0.00000216. The van der Waals surface area contributed by atoms with Gasteiger partial charge in [0.1, 0.15) is 35.0 Å². The van der Waals surface area contributed by atoms with E-state index in [1.165, 1.54) is 6.33 Å². The highest BCUT2D eigenvalue weighted by molar-refractivity contribution is 6.35. The molecule has 0 fully saturated rings. The van der Waals surface area contributed by atoms with Gasteiger partial charge in [-0.25, -0.2) is 19.9 Å². The van der Waals surface area contributed by atoms with Gasteiger partial charge in [-0.3, -0.25) is 9.36 Å². The third kappa shape index (κ3) is 6.74. The second-order valence-electron chi connectivity index (χ2n) is 8.60. The Kier molecular flexibility index (Phi) is 10.6. The van der Waals surface area contributed by atoms with Crippen molar-refractivity contribution in [2.45, 2.75) is 54.0 Å². The number of nitrogen functional groups attached to an aromatic ring is 1. The summed E-state index contributed by atoms with van der Waals surface area (Å²) in [5.74, 6) is 7.22. The van der Waals surface area contributed by atoms with Crippen molar-refractivity contribution in [3.63, 3.8) is 0 Å². The number of aromatic nitrogens is 5. The predicted octanol–water partition coefficient (Wildman–Crippen LogP) is 6.55. The normalized spacial score (nSPS) is 11.9. The Morgan fingerprint density at radius 2 is 1.95 bits per heavy atom. The van der Waals surface area contributed by atoms with Crippen LogP contribution in [0, 0.1) is 18.8 Å². The number of allylic oxidation sites excluding steroid dienone is 4. The van der Waals surface area contributed by atoms with Crippen LogP contribution in [0.5, 0.6) is 0 Å². The number of nitrogens with one attached hydrogen (secondary N) is 1. The summed E-state index contributed by atoms with van der Waals surface area (Å²) in [6.07, 6.45) is 9.41. The smallest absolute Gasteiger partial charge is 0.267 e. The first-order valence-corrected chi connectivity index (χ1v) is 13.6. The molecule has 1 atom stereocenters. The largest absolute Gasteiger partial charge is 0.382 e. The maximum atomic E-state index is 13.8. The SMILES string of the molecule is C/C=C\C=C(/CC)n1c(C(C)Nc2ncnc(N)c2C#Cc2ccc(C)cn2)nc2cccc(Cl)c2c1=O.CC. The molecular weight excluding hydrogens is 522 g/mol. The van der Waals surface area contributed by atoms with Gasteiger partial charge in [0.25, 0.3) is 5.56 Å². The summed E-state index contributed by atoms with van der Waals surface area (Å²) in [5, 5.41) is 4.06. The van der Waals surface area contributed by atoms with Gasteiger partial charge in [0.15, 0.2) is 0 Å². The fourth-order valence-electron chi connectivity index (χ4n) is 3.90. The Hall–Kier alpha value is -4.48. The average molecular weight is 556 g/mol. The van der Waals surface area contributed by atoms with Crippen molar-refractivity contribution in [3.8, 4) is 11.8 Å².